The van der Waals surface area contributed by atoms with Crippen LogP contribution in [0, 0.1) is 0 Å². The Hall–Kier alpha value is -1.92. The van der Waals surface area contributed by atoms with Gasteiger partial charge in [-0.15, -0.1) is 10.2 Å². The maximum atomic E-state index is 4.19. The second-order valence-corrected chi connectivity index (χ2v) is 2.82. The van der Waals surface area contributed by atoms with Crippen molar-refractivity contribution >= 4 is 5.95 Å². The summed E-state index contributed by atoms with van der Waals surface area (Å²) >= 11 is 0. The van der Waals surface area contributed by atoms with E-state index in [9.17, 15) is 0 Å². The summed E-state index contributed by atoms with van der Waals surface area (Å²) < 4.78 is 1.62. The number of anilines is 1. The Labute approximate surface area is 80.5 Å². The molecule has 0 radical (unpaired) electrons. The molecule has 7 heteroatoms. The van der Waals surface area contributed by atoms with Gasteiger partial charge in [-0.3, -0.25) is 9.78 Å². The first-order valence-corrected chi connectivity index (χ1v) is 4.32. The number of aromatic amines is 1. The molecule has 0 aliphatic carbocycles. The Kier molecular flexibility index (Phi) is 2.13. The van der Waals surface area contributed by atoms with Crippen LogP contribution in [-0.4, -0.2) is 36.7 Å². The van der Waals surface area contributed by atoms with E-state index in [2.05, 4.69) is 30.8 Å². The molecular weight excluding hydrogens is 182 g/mol. The summed E-state index contributed by atoms with van der Waals surface area (Å²) in [4.78, 5) is 4.19. The number of nitrogens with one attached hydrogen (secondary N) is 2. The molecule has 0 fully saturated rings. The van der Waals surface area contributed by atoms with Crippen molar-refractivity contribution in [2.45, 2.75) is 6.92 Å². The lowest BCUT2D eigenvalue weighted by Crippen LogP contribution is -1.97. The van der Waals surface area contributed by atoms with Crippen molar-refractivity contribution in [3.05, 3.63) is 6.20 Å². The first-order valence-electron chi connectivity index (χ1n) is 4.32. The number of nitrogens with zero attached hydrogens (tertiary/aromatic N) is 5. The highest BCUT2D eigenvalue weighted by Crippen LogP contribution is 2.10. The third kappa shape index (κ3) is 1.56. The molecule has 2 rings (SSSR count). The zero-order valence-electron chi connectivity index (χ0n) is 8.02. The molecule has 0 bridgehead atoms. The number of aryl methyl sites for hydroxylation is 1. The van der Waals surface area contributed by atoms with Crippen LogP contribution in [0.3, 0.4) is 0 Å². The maximum Gasteiger partial charge on any atom is 0.242 e. The molecular formula is C7H11N7. The highest BCUT2D eigenvalue weighted by molar-refractivity contribution is 5.48. The molecule has 2 aromatic heterocycles. The molecule has 0 spiro atoms. The Balaban J connectivity index is 2.24. The molecule has 2 aromatic rings. The van der Waals surface area contributed by atoms with Crippen LogP contribution in [-0.2, 0) is 7.05 Å². The predicted octanol–water partition coefficient (Wildman–Crippen LogP) is 0.0320. The SMILES string of the molecule is CCNc1n[nH]c(-c2cn(C)nn2)n1. The van der Waals surface area contributed by atoms with E-state index >= 15 is 0 Å². The predicted molar refractivity (Wildman–Crippen MR) is 50.5 cm³/mol. The fourth-order valence-electron chi connectivity index (χ4n) is 1.07. The van der Waals surface area contributed by atoms with Gasteiger partial charge in [-0.25, -0.2) is 0 Å². The molecule has 0 saturated heterocycles. The van der Waals surface area contributed by atoms with Crippen LogP contribution in [0.25, 0.3) is 11.5 Å². The minimum absolute atomic E-state index is 0.577. The molecule has 7 nitrogen and oxygen atoms in total. The Morgan fingerprint density at radius 1 is 1.57 bits per heavy atom. The largest absolute Gasteiger partial charge is 0.353 e. The van der Waals surface area contributed by atoms with Gasteiger partial charge < -0.3 is 5.32 Å². The number of hydrogen-bond donors (Lipinski definition) is 2. The highest BCUT2D eigenvalue weighted by atomic mass is 15.4. The van der Waals surface area contributed by atoms with Crippen molar-refractivity contribution in [1.29, 1.82) is 0 Å². The second-order valence-electron chi connectivity index (χ2n) is 2.82. The molecule has 0 atom stereocenters. The van der Waals surface area contributed by atoms with Gasteiger partial charge in [0.05, 0.1) is 6.20 Å². The van der Waals surface area contributed by atoms with Gasteiger partial charge >= 0.3 is 0 Å². The normalized spacial score (nSPS) is 10.4. The van der Waals surface area contributed by atoms with Gasteiger partial charge in [0, 0.05) is 13.6 Å². The highest BCUT2D eigenvalue weighted by Gasteiger charge is 2.07. The van der Waals surface area contributed by atoms with Crippen molar-refractivity contribution in [3.63, 3.8) is 0 Å². The number of hydrogen-bond acceptors (Lipinski definition) is 5. The van der Waals surface area contributed by atoms with E-state index < -0.39 is 0 Å². The van der Waals surface area contributed by atoms with Crippen LogP contribution in [0.15, 0.2) is 6.20 Å². The Morgan fingerprint density at radius 3 is 3.07 bits per heavy atom. The Morgan fingerprint density at radius 2 is 2.43 bits per heavy atom. The van der Waals surface area contributed by atoms with Crippen molar-refractivity contribution in [1.82, 2.24) is 30.2 Å². The van der Waals surface area contributed by atoms with E-state index in [1.54, 1.807) is 17.9 Å². The smallest absolute Gasteiger partial charge is 0.242 e. The number of rotatable bonds is 3. The number of H-pyrrole nitrogens is 1. The third-order valence-electron chi connectivity index (χ3n) is 1.67. The van der Waals surface area contributed by atoms with E-state index in [-0.39, 0.29) is 0 Å². The third-order valence-corrected chi connectivity index (χ3v) is 1.67. The summed E-state index contributed by atoms with van der Waals surface area (Å²) in [6, 6.07) is 0. The lowest BCUT2D eigenvalue weighted by Gasteiger charge is -1.90. The quantitative estimate of drug-likeness (QED) is 0.718. The van der Waals surface area contributed by atoms with Crippen molar-refractivity contribution in [3.8, 4) is 11.5 Å². The second kappa shape index (κ2) is 3.44. The first kappa shape index (κ1) is 8.67. The van der Waals surface area contributed by atoms with Crippen LogP contribution in [0.5, 0.6) is 0 Å². The van der Waals surface area contributed by atoms with Crippen molar-refractivity contribution < 1.29 is 0 Å². The summed E-state index contributed by atoms with van der Waals surface area (Å²) in [6.07, 6.45) is 1.77. The molecule has 0 amide bonds. The van der Waals surface area contributed by atoms with Crippen LogP contribution >= 0.6 is 0 Å². The van der Waals surface area contributed by atoms with Crippen LogP contribution in [0.1, 0.15) is 6.92 Å². The van der Waals surface area contributed by atoms with Gasteiger partial charge in [-0.1, -0.05) is 5.21 Å². The van der Waals surface area contributed by atoms with E-state index in [4.69, 9.17) is 0 Å². The monoisotopic (exact) mass is 193 g/mol. The average Bonchev–Trinajstić information content (AvgIpc) is 2.74. The standard InChI is InChI=1S/C7H11N7/c1-3-8-7-9-6(11-12-7)5-4-14(2)13-10-5/h4H,3H2,1-2H3,(H2,8,9,11,12). The summed E-state index contributed by atoms with van der Waals surface area (Å²) in [6.45, 7) is 2.77. The van der Waals surface area contributed by atoms with Crippen LogP contribution < -0.4 is 5.32 Å². The minimum Gasteiger partial charge on any atom is -0.353 e. The molecule has 2 heterocycles. The van der Waals surface area contributed by atoms with E-state index in [0.717, 1.165) is 6.54 Å². The van der Waals surface area contributed by atoms with Gasteiger partial charge in [-0.05, 0) is 6.92 Å². The minimum atomic E-state index is 0.577. The molecule has 0 saturated carbocycles. The first-order chi connectivity index (χ1) is 6.79. The lowest BCUT2D eigenvalue weighted by molar-refractivity contribution is 0.715. The van der Waals surface area contributed by atoms with E-state index in [0.29, 0.717) is 17.5 Å². The summed E-state index contributed by atoms with van der Waals surface area (Å²) in [5, 5.41) is 17.5. The van der Waals surface area contributed by atoms with Gasteiger partial charge in [0.15, 0.2) is 5.82 Å². The summed E-state index contributed by atoms with van der Waals surface area (Å²) in [5.41, 5.74) is 0.684. The Bertz CT molecular complexity index is 415. The fourth-order valence-corrected chi connectivity index (χ4v) is 1.07. The molecule has 0 aliphatic heterocycles. The van der Waals surface area contributed by atoms with E-state index in [1.807, 2.05) is 6.92 Å². The topological polar surface area (TPSA) is 84.3 Å². The van der Waals surface area contributed by atoms with E-state index in [1.165, 1.54) is 0 Å². The van der Waals surface area contributed by atoms with Gasteiger partial charge in [0.1, 0.15) is 5.69 Å². The molecule has 14 heavy (non-hydrogen) atoms. The van der Waals surface area contributed by atoms with Gasteiger partial charge in [0.25, 0.3) is 0 Å². The van der Waals surface area contributed by atoms with Crippen LogP contribution in [0.4, 0.5) is 5.95 Å². The average molecular weight is 193 g/mol. The van der Waals surface area contributed by atoms with Gasteiger partial charge in [0.2, 0.25) is 5.95 Å². The maximum absolute atomic E-state index is 4.19. The molecule has 0 unspecified atom stereocenters. The zero-order valence-corrected chi connectivity index (χ0v) is 8.02. The van der Waals surface area contributed by atoms with Crippen LogP contribution in [0.2, 0.25) is 0 Å². The summed E-state index contributed by atoms with van der Waals surface area (Å²) in [5.74, 6) is 1.20. The zero-order chi connectivity index (χ0) is 9.97. The summed E-state index contributed by atoms with van der Waals surface area (Å²) in [7, 11) is 1.80. The molecule has 2 N–H and O–H groups in total. The molecule has 74 valence electrons. The van der Waals surface area contributed by atoms with Crippen molar-refractivity contribution in [2.75, 3.05) is 11.9 Å². The molecule has 0 aromatic carbocycles. The van der Waals surface area contributed by atoms with Crippen molar-refractivity contribution in [2.24, 2.45) is 7.05 Å². The lowest BCUT2D eigenvalue weighted by atomic mass is 10.5. The van der Waals surface area contributed by atoms with Gasteiger partial charge in [-0.2, -0.15) is 4.98 Å². The fraction of sp³-hybridized carbons (Fsp3) is 0.429. The molecule has 0 aliphatic rings. The number of aromatic nitrogens is 6.